The first-order valence-corrected chi connectivity index (χ1v) is 12.1. The molecule has 0 aliphatic rings. The van der Waals surface area contributed by atoms with Crippen molar-refractivity contribution in [2.75, 3.05) is 18.4 Å². The van der Waals surface area contributed by atoms with Crippen LogP contribution >= 0.6 is 0 Å². The van der Waals surface area contributed by atoms with Crippen molar-refractivity contribution in [1.82, 2.24) is 10.6 Å². The van der Waals surface area contributed by atoms with Gasteiger partial charge in [0.05, 0.1) is 11.8 Å². The van der Waals surface area contributed by atoms with Crippen LogP contribution in [0.2, 0.25) is 0 Å². The van der Waals surface area contributed by atoms with Crippen LogP contribution in [-0.2, 0) is 17.6 Å². The number of aliphatic hydroxyl groups is 1. The Labute approximate surface area is 212 Å². The van der Waals surface area contributed by atoms with Crippen LogP contribution in [0.5, 0.6) is 5.75 Å². The Morgan fingerprint density at radius 2 is 1.78 bits per heavy atom. The second-order valence-corrected chi connectivity index (χ2v) is 9.69. The SMILES string of the molecule is Cc1ccc(CCNC(=O)c2cccc(CC(C)(C)NC[C@@H](O)c3ccc(O)c(NC=O)c3)c2)cc1. The number of anilines is 1. The van der Waals surface area contributed by atoms with Crippen LogP contribution in [0.15, 0.2) is 66.7 Å². The quantitative estimate of drug-likeness (QED) is 0.196. The van der Waals surface area contributed by atoms with Gasteiger partial charge in [0.2, 0.25) is 6.41 Å². The molecule has 7 nitrogen and oxygen atoms in total. The van der Waals surface area contributed by atoms with E-state index in [4.69, 9.17) is 0 Å². The molecule has 0 aliphatic heterocycles. The Bertz CT molecular complexity index is 1180. The maximum atomic E-state index is 12.7. The summed E-state index contributed by atoms with van der Waals surface area (Å²) >= 11 is 0. The van der Waals surface area contributed by atoms with E-state index in [2.05, 4.69) is 47.1 Å². The molecule has 2 amide bonds. The lowest BCUT2D eigenvalue weighted by Gasteiger charge is -2.28. The molecule has 0 saturated carbocycles. The zero-order valence-electron chi connectivity index (χ0n) is 21.0. The number of carbonyl (C=O) groups is 2. The Kier molecular flexibility index (Phi) is 9.22. The van der Waals surface area contributed by atoms with Gasteiger partial charge in [-0.15, -0.1) is 0 Å². The van der Waals surface area contributed by atoms with Gasteiger partial charge in [-0.2, -0.15) is 0 Å². The van der Waals surface area contributed by atoms with Crippen molar-refractivity contribution in [1.29, 1.82) is 0 Å². The zero-order chi connectivity index (χ0) is 26.1. The van der Waals surface area contributed by atoms with Gasteiger partial charge in [0.25, 0.3) is 5.91 Å². The third kappa shape index (κ3) is 7.93. The Hall–Kier alpha value is -3.68. The number of nitrogens with one attached hydrogen (secondary N) is 3. The molecule has 0 saturated heterocycles. The Balaban J connectivity index is 1.53. The molecule has 1 atom stereocenters. The summed E-state index contributed by atoms with van der Waals surface area (Å²) in [6.45, 7) is 6.96. The van der Waals surface area contributed by atoms with Gasteiger partial charge < -0.3 is 26.2 Å². The molecule has 0 fully saturated rings. The molecular formula is C29H35N3O4. The third-order valence-electron chi connectivity index (χ3n) is 6.05. The van der Waals surface area contributed by atoms with E-state index in [9.17, 15) is 19.8 Å². The number of rotatable bonds is 12. The number of hydrogen-bond acceptors (Lipinski definition) is 5. The standard InChI is InChI=1S/C29H35N3O4/c1-20-7-9-21(10-8-20)13-14-30-28(36)24-6-4-5-22(15-24)17-29(2,3)32-18-27(35)23-11-12-26(34)25(16-23)31-19-33/h4-12,15-16,19,27,32,34-35H,13-14,17-18H2,1-3H3,(H,30,36)(H,31,33)/t27-/m1/s1. The van der Waals surface area contributed by atoms with Crippen molar-refractivity contribution < 1.29 is 19.8 Å². The first-order chi connectivity index (χ1) is 17.2. The lowest BCUT2D eigenvalue weighted by atomic mass is 9.93. The van der Waals surface area contributed by atoms with Gasteiger partial charge in [-0.25, -0.2) is 0 Å². The normalized spacial score (nSPS) is 12.1. The largest absolute Gasteiger partial charge is 0.506 e. The molecule has 0 radical (unpaired) electrons. The number of β-amino-alcohol motifs (C(OH)–C–C–N with tert-alkyl or cyclic N) is 1. The van der Waals surface area contributed by atoms with Crippen molar-refractivity contribution in [2.45, 2.75) is 45.3 Å². The van der Waals surface area contributed by atoms with Gasteiger partial charge in [-0.1, -0.05) is 48.0 Å². The van der Waals surface area contributed by atoms with Crippen LogP contribution in [0.4, 0.5) is 5.69 Å². The van der Waals surface area contributed by atoms with Gasteiger partial charge in [0, 0.05) is 24.2 Å². The fourth-order valence-electron chi connectivity index (χ4n) is 4.00. The van der Waals surface area contributed by atoms with Crippen LogP contribution < -0.4 is 16.0 Å². The van der Waals surface area contributed by atoms with Crippen molar-refractivity contribution in [3.63, 3.8) is 0 Å². The minimum atomic E-state index is -0.831. The molecule has 3 aromatic rings. The summed E-state index contributed by atoms with van der Waals surface area (Å²) < 4.78 is 0. The summed E-state index contributed by atoms with van der Waals surface area (Å²) in [6.07, 6.45) is 1.07. The van der Waals surface area contributed by atoms with Crippen molar-refractivity contribution in [3.8, 4) is 5.75 Å². The smallest absolute Gasteiger partial charge is 0.251 e. The van der Waals surface area contributed by atoms with E-state index in [0.29, 0.717) is 30.5 Å². The second kappa shape index (κ2) is 12.3. The maximum absolute atomic E-state index is 12.7. The number of aromatic hydroxyl groups is 1. The molecule has 0 aliphatic carbocycles. The van der Waals surface area contributed by atoms with E-state index < -0.39 is 6.10 Å². The molecule has 0 heterocycles. The molecule has 5 N–H and O–H groups in total. The zero-order valence-corrected chi connectivity index (χ0v) is 21.0. The van der Waals surface area contributed by atoms with Crippen molar-refractivity contribution >= 4 is 18.0 Å². The van der Waals surface area contributed by atoms with Crippen LogP contribution in [0.3, 0.4) is 0 Å². The lowest BCUT2D eigenvalue weighted by molar-refractivity contribution is -0.105. The third-order valence-corrected chi connectivity index (χ3v) is 6.05. The molecule has 7 heteroatoms. The number of phenols is 1. The summed E-state index contributed by atoms with van der Waals surface area (Å²) in [7, 11) is 0. The minimum absolute atomic E-state index is 0.0644. The summed E-state index contributed by atoms with van der Waals surface area (Å²) in [4.78, 5) is 23.4. The van der Waals surface area contributed by atoms with E-state index in [1.165, 1.54) is 17.2 Å². The van der Waals surface area contributed by atoms with Gasteiger partial charge in [-0.3, -0.25) is 9.59 Å². The summed E-state index contributed by atoms with van der Waals surface area (Å²) in [6, 6.07) is 20.5. The topological polar surface area (TPSA) is 111 Å². The van der Waals surface area contributed by atoms with E-state index in [1.807, 2.05) is 38.1 Å². The fraction of sp³-hybridized carbons (Fsp3) is 0.310. The van der Waals surface area contributed by atoms with E-state index in [0.717, 1.165) is 12.0 Å². The number of benzene rings is 3. The molecule has 36 heavy (non-hydrogen) atoms. The number of hydrogen-bond donors (Lipinski definition) is 5. The van der Waals surface area contributed by atoms with Crippen LogP contribution in [-0.4, -0.2) is 41.2 Å². The fourth-order valence-corrected chi connectivity index (χ4v) is 4.00. The number of amides is 2. The van der Waals surface area contributed by atoms with Gasteiger partial charge in [0.1, 0.15) is 5.75 Å². The average Bonchev–Trinajstić information content (AvgIpc) is 2.85. The number of phenolic OH excluding ortho intramolecular Hbond substituents is 1. The molecule has 190 valence electrons. The first-order valence-electron chi connectivity index (χ1n) is 12.1. The van der Waals surface area contributed by atoms with E-state index in [1.54, 1.807) is 12.1 Å². The average molecular weight is 490 g/mol. The molecule has 3 aromatic carbocycles. The number of aryl methyl sites for hydroxylation is 1. The van der Waals surface area contributed by atoms with Crippen LogP contribution in [0.25, 0.3) is 0 Å². The highest BCUT2D eigenvalue weighted by atomic mass is 16.3. The van der Waals surface area contributed by atoms with Crippen molar-refractivity contribution in [2.24, 2.45) is 0 Å². The minimum Gasteiger partial charge on any atom is -0.506 e. The monoisotopic (exact) mass is 489 g/mol. The molecule has 0 unspecified atom stereocenters. The molecular weight excluding hydrogens is 454 g/mol. The van der Waals surface area contributed by atoms with E-state index in [-0.39, 0.29) is 29.4 Å². The summed E-state index contributed by atoms with van der Waals surface area (Å²) in [5, 5.41) is 29.2. The second-order valence-electron chi connectivity index (χ2n) is 9.69. The summed E-state index contributed by atoms with van der Waals surface area (Å²) in [5.74, 6) is -0.164. The van der Waals surface area contributed by atoms with Gasteiger partial charge in [-0.05, 0) is 74.6 Å². The number of carbonyl (C=O) groups excluding carboxylic acids is 2. The highest BCUT2D eigenvalue weighted by molar-refractivity contribution is 5.94. The highest BCUT2D eigenvalue weighted by Gasteiger charge is 2.21. The Morgan fingerprint density at radius 1 is 1.03 bits per heavy atom. The Morgan fingerprint density at radius 3 is 2.50 bits per heavy atom. The highest BCUT2D eigenvalue weighted by Crippen LogP contribution is 2.27. The first kappa shape index (κ1) is 26.9. The predicted octanol–water partition coefficient (Wildman–Crippen LogP) is 3.89. The molecule has 0 bridgehead atoms. The summed E-state index contributed by atoms with van der Waals surface area (Å²) in [5.41, 5.74) is 4.49. The maximum Gasteiger partial charge on any atom is 0.251 e. The van der Waals surface area contributed by atoms with E-state index >= 15 is 0 Å². The molecule has 3 rings (SSSR count). The van der Waals surface area contributed by atoms with Crippen LogP contribution in [0.1, 0.15) is 52.6 Å². The predicted molar refractivity (Wildman–Crippen MR) is 142 cm³/mol. The van der Waals surface area contributed by atoms with Crippen molar-refractivity contribution in [3.05, 3.63) is 94.5 Å². The molecule has 0 aromatic heterocycles. The van der Waals surface area contributed by atoms with Gasteiger partial charge in [0.15, 0.2) is 0 Å². The lowest BCUT2D eigenvalue weighted by Crippen LogP contribution is -2.43. The van der Waals surface area contributed by atoms with Crippen LogP contribution in [0, 0.1) is 6.92 Å². The molecule has 0 spiro atoms. The van der Waals surface area contributed by atoms with Gasteiger partial charge >= 0.3 is 0 Å². The number of aliphatic hydroxyl groups excluding tert-OH is 1.